The Hall–Kier alpha value is -2.70. The van der Waals surface area contributed by atoms with Gasteiger partial charge in [0.05, 0.1) is 17.1 Å². The number of nitrogens with one attached hydrogen (secondary N) is 2. The fourth-order valence-electron chi connectivity index (χ4n) is 2.77. The van der Waals surface area contributed by atoms with Crippen molar-refractivity contribution in [3.05, 3.63) is 74.7 Å². The summed E-state index contributed by atoms with van der Waals surface area (Å²) in [6.07, 6.45) is 0.898. The number of hydrogen-bond donors (Lipinski definition) is 2. The number of carbonyl (C=O) groups excluding carboxylic acids is 2. The molecule has 2 N–H and O–H groups in total. The van der Waals surface area contributed by atoms with Crippen LogP contribution in [0, 0.1) is 6.92 Å². The molecule has 5 nitrogen and oxygen atoms in total. The molecule has 1 heterocycles. The van der Waals surface area contributed by atoms with E-state index in [0.29, 0.717) is 17.1 Å². The van der Waals surface area contributed by atoms with Gasteiger partial charge >= 0.3 is 0 Å². The summed E-state index contributed by atoms with van der Waals surface area (Å²) in [7, 11) is 0. The van der Waals surface area contributed by atoms with E-state index in [9.17, 15) is 9.59 Å². The van der Waals surface area contributed by atoms with Crippen molar-refractivity contribution < 1.29 is 9.59 Å². The van der Waals surface area contributed by atoms with E-state index in [1.165, 1.54) is 18.3 Å². The first-order chi connectivity index (χ1) is 13.4. The van der Waals surface area contributed by atoms with Crippen LogP contribution >= 0.6 is 22.9 Å². The Morgan fingerprint density at radius 2 is 1.96 bits per heavy atom. The molecule has 0 radical (unpaired) electrons. The van der Waals surface area contributed by atoms with Crippen LogP contribution in [0.3, 0.4) is 0 Å². The molecule has 0 aliphatic carbocycles. The van der Waals surface area contributed by atoms with Crippen LogP contribution in [-0.2, 0) is 22.4 Å². The van der Waals surface area contributed by atoms with Gasteiger partial charge < -0.3 is 10.6 Å². The molecular weight excluding hydrogens is 394 g/mol. The molecule has 2 amide bonds. The predicted molar refractivity (Wildman–Crippen MR) is 114 cm³/mol. The van der Waals surface area contributed by atoms with Gasteiger partial charge in [0.25, 0.3) is 0 Å². The number of hydrogen-bond acceptors (Lipinski definition) is 4. The van der Waals surface area contributed by atoms with Gasteiger partial charge in [0.2, 0.25) is 11.8 Å². The lowest BCUT2D eigenvalue weighted by Gasteiger charge is -2.10. The zero-order valence-corrected chi connectivity index (χ0v) is 17.2. The number of aryl methyl sites for hydroxylation is 1. The Bertz CT molecular complexity index is 1020. The van der Waals surface area contributed by atoms with E-state index in [1.807, 2.05) is 42.6 Å². The molecule has 28 heavy (non-hydrogen) atoms. The summed E-state index contributed by atoms with van der Waals surface area (Å²) < 4.78 is 0. The molecule has 0 aliphatic heterocycles. The van der Waals surface area contributed by atoms with Crippen molar-refractivity contribution in [2.75, 3.05) is 10.6 Å². The summed E-state index contributed by atoms with van der Waals surface area (Å²) >= 11 is 7.55. The topological polar surface area (TPSA) is 71.1 Å². The minimum absolute atomic E-state index is 0.128. The first-order valence-corrected chi connectivity index (χ1v) is 10.0. The Balaban J connectivity index is 1.59. The second kappa shape index (κ2) is 8.99. The third kappa shape index (κ3) is 5.65. The van der Waals surface area contributed by atoms with Gasteiger partial charge in [-0.25, -0.2) is 4.98 Å². The summed E-state index contributed by atoms with van der Waals surface area (Å²) in [4.78, 5) is 28.1. The average molecular weight is 414 g/mol. The molecule has 0 unspecified atom stereocenters. The quantitative estimate of drug-likeness (QED) is 0.607. The Morgan fingerprint density at radius 1 is 1.14 bits per heavy atom. The molecule has 144 valence electrons. The number of benzene rings is 2. The summed E-state index contributed by atoms with van der Waals surface area (Å²) in [6.45, 7) is 3.34. The van der Waals surface area contributed by atoms with Gasteiger partial charge in [-0.05, 0) is 48.4 Å². The summed E-state index contributed by atoms with van der Waals surface area (Å²) in [6, 6.07) is 13.1. The zero-order chi connectivity index (χ0) is 20.1. The van der Waals surface area contributed by atoms with Gasteiger partial charge in [0.15, 0.2) is 0 Å². The zero-order valence-electron chi connectivity index (χ0n) is 15.6. The van der Waals surface area contributed by atoms with Crippen molar-refractivity contribution in [3.63, 3.8) is 0 Å². The van der Waals surface area contributed by atoms with E-state index in [2.05, 4.69) is 15.6 Å². The minimum Gasteiger partial charge on any atom is -0.326 e. The number of halogens is 1. The van der Waals surface area contributed by atoms with Gasteiger partial charge in [-0.15, -0.1) is 11.3 Å². The predicted octanol–water partition coefficient (Wildman–Crippen LogP) is 4.84. The van der Waals surface area contributed by atoms with Crippen LogP contribution in [-0.4, -0.2) is 16.8 Å². The molecule has 1 aromatic heterocycles. The lowest BCUT2D eigenvalue weighted by molar-refractivity contribution is -0.116. The van der Waals surface area contributed by atoms with E-state index in [1.54, 1.807) is 12.1 Å². The summed E-state index contributed by atoms with van der Waals surface area (Å²) in [5.74, 6) is -0.261. The van der Waals surface area contributed by atoms with Crippen LogP contribution in [0.2, 0.25) is 5.02 Å². The third-order valence-electron chi connectivity index (χ3n) is 4.01. The van der Waals surface area contributed by atoms with E-state index in [-0.39, 0.29) is 18.2 Å². The van der Waals surface area contributed by atoms with Crippen molar-refractivity contribution in [3.8, 4) is 0 Å². The van der Waals surface area contributed by atoms with Crippen LogP contribution in [0.1, 0.15) is 28.8 Å². The monoisotopic (exact) mass is 413 g/mol. The summed E-state index contributed by atoms with van der Waals surface area (Å²) in [5.41, 5.74) is 4.13. The second-order valence-corrected chi connectivity index (χ2v) is 7.85. The lowest BCUT2D eigenvalue weighted by Crippen LogP contribution is -2.15. The maximum atomic E-state index is 12.3. The van der Waals surface area contributed by atoms with E-state index < -0.39 is 0 Å². The number of amides is 2. The van der Waals surface area contributed by atoms with Crippen LogP contribution in [0.25, 0.3) is 0 Å². The Morgan fingerprint density at radius 3 is 2.68 bits per heavy atom. The third-order valence-corrected chi connectivity index (χ3v) is 5.14. The van der Waals surface area contributed by atoms with E-state index >= 15 is 0 Å². The molecule has 0 aliphatic rings. The maximum Gasteiger partial charge on any atom is 0.230 e. The fourth-order valence-corrected chi connectivity index (χ4v) is 3.81. The first-order valence-electron chi connectivity index (χ1n) is 8.75. The van der Waals surface area contributed by atoms with Crippen LogP contribution < -0.4 is 10.6 Å². The van der Waals surface area contributed by atoms with Crippen LogP contribution in [0.4, 0.5) is 11.4 Å². The number of thiazole rings is 1. The van der Waals surface area contributed by atoms with Crippen molar-refractivity contribution >= 4 is 46.1 Å². The van der Waals surface area contributed by atoms with Gasteiger partial charge in [-0.2, -0.15) is 0 Å². The molecule has 0 bridgehead atoms. The average Bonchev–Trinajstić information content (AvgIpc) is 3.03. The number of anilines is 2. The number of aromatic nitrogens is 1. The van der Waals surface area contributed by atoms with Crippen LogP contribution in [0.5, 0.6) is 0 Å². The molecule has 3 rings (SSSR count). The standard InChI is InChI=1S/C21H20ClN3O2S/c1-13-8-17(6-7-19(13)23-14(2)26)24-20(27)11-18-12-28-21(25-18)10-15-4-3-5-16(22)9-15/h3-9,12H,10-11H2,1-2H3,(H,23,26)(H,24,27). The molecule has 7 heteroatoms. The smallest absolute Gasteiger partial charge is 0.230 e. The molecule has 0 saturated heterocycles. The maximum absolute atomic E-state index is 12.3. The second-order valence-electron chi connectivity index (χ2n) is 6.48. The number of rotatable bonds is 6. The van der Waals surface area contributed by atoms with Gasteiger partial charge in [0.1, 0.15) is 0 Å². The molecule has 0 spiro atoms. The van der Waals surface area contributed by atoms with Gasteiger partial charge in [0, 0.05) is 35.1 Å². The highest BCUT2D eigenvalue weighted by atomic mass is 35.5. The van der Waals surface area contributed by atoms with E-state index in [4.69, 9.17) is 11.6 Å². The normalized spacial score (nSPS) is 10.5. The molecule has 3 aromatic rings. The highest BCUT2D eigenvalue weighted by Crippen LogP contribution is 2.21. The lowest BCUT2D eigenvalue weighted by atomic mass is 10.1. The van der Waals surface area contributed by atoms with Crippen LogP contribution in [0.15, 0.2) is 47.8 Å². The largest absolute Gasteiger partial charge is 0.326 e. The first kappa shape index (κ1) is 20.0. The molecule has 0 fully saturated rings. The van der Waals surface area contributed by atoms with Crippen molar-refractivity contribution in [2.24, 2.45) is 0 Å². The Kier molecular flexibility index (Phi) is 6.44. The van der Waals surface area contributed by atoms with Crippen molar-refractivity contribution in [2.45, 2.75) is 26.7 Å². The highest BCUT2D eigenvalue weighted by molar-refractivity contribution is 7.09. The number of carbonyl (C=O) groups is 2. The van der Waals surface area contributed by atoms with Gasteiger partial charge in [-0.1, -0.05) is 23.7 Å². The number of nitrogens with zero attached hydrogens (tertiary/aromatic N) is 1. The van der Waals surface area contributed by atoms with Crippen molar-refractivity contribution in [1.29, 1.82) is 0 Å². The minimum atomic E-state index is -0.133. The van der Waals surface area contributed by atoms with Gasteiger partial charge in [-0.3, -0.25) is 9.59 Å². The Labute approximate surface area is 172 Å². The summed E-state index contributed by atoms with van der Waals surface area (Å²) in [5, 5.41) is 9.18. The van der Waals surface area contributed by atoms with E-state index in [0.717, 1.165) is 27.5 Å². The van der Waals surface area contributed by atoms with Crippen molar-refractivity contribution in [1.82, 2.24) is 4.98 Å². The molecule has 0 atom stereocenters. The molecule has 0 saturated carbocycles. The molecule has 2 aromatic carbocycles. The SMILES string of the molecule is CC(=O)Nc1ccc(NC(=O)Cc2csc(Cc3cccc(Cl)c3)n2)cc1C. The fraction of sp³-hybridized carbons (Fsp3) is 0.190. The highest BCUT2D eigenvalue weighted by Gasteiger charge is 2.10. The molecular formula is C21H20ClN3O2S.